The molecule has 0 saturated heterocycles. The molecule has 0 saturated carbocycles. The molecule has 34 heavy (non-hydrogen) atoms. The number of nitrogens with zero attached hydrogens (tertiary/aromatic N) is 1. The number of unbranched alkanes of at least 4 members (excludes halogenated alkanes) is 19. The highest BCUT2D eigenvalue weighted by molar-refractivity contribution is 5.15. The Morgan fingerprint density at radius 3 is 1.12 bits per heavy atom. The van der Waals surface area contributed by atoms with Gasteiger partial charge in [-0.25, -0.2) is 4.57 Å². The highest BCUT2D eigenvalue weighted by atomic mass is 14.9. The first kappa shape index (κ1) is 31.2. The lowest BCUT2D eigenvalue weighted by atomic mass is 10.0. The topological polar surface area (TPSA) is 3.88 Å². The van der Waals surface area contributed by atoms with E-state index in [4.69, 9.17) is 0 Å². The van der Waals surface area contributed by atoms with Crippen molar-refractivity contribution in [1.29, 1.82) is 0 Å². The lowest BCUT2D eigenvalue weighted by Crippen LogP contribution is -2.34. The molecule has 0 radical (unpaired) electrons. The molecule has 0 spiro atoms. The maximum Gasteiger partial charge on any atom is 0.171 e. The normalized spacial score (nSPS) is 11.4. The number of hydrogen-bond donors (Lipinski definition) is 0. The van der Waals surface area contributed by atoms with Crippen LogP contribution in [0.2, 0.25) is 0 Å². The monoisotopic (exact) mass is 472 g/mol. The summed E-state index contributed by atoms with van der Waals surface area (Å²) in [7, 11) is 0. The maximum absolute atomic E-state index is 2.55. The Bertz CT molecular complexity index is 515. The molecule has 0 aromatic carbocycles. The van der Waals surface area contributed by atoms with Gasteiger partial charge in [-0.1, -0.05) is 136 Å². The van der Waals surface area contributed by atoms with Crippen LogP contribution in [0.4, 0.5) is 0 Å². The van der Waals surface area contributed by atoms with Crippen molar-refractivity contribution in [3.63, 3.8) is 0 Å². The number of pyridine rings is 1. The van der Waals surface area contributed by atoms with Gasteiger partial charge in [0, 0.05) is 17.5 Å². The van der Waals surface area contributed by atoms with Crippen LogP contribution in [0.5, 0.6) is 0 Å². The Labute approximate surface area is 215 Å². The van der Waals surface area contributed by atoms with E-state index < -0.39 is 0 Å². The third-order valence-electron chi connectivity index (χ3n) is 7.44. The SMILES string of the molecule is CCCCCCCCCCCC[n+]1cc(CCCCCCCC)cc(CCCCCCCC)c1. The molecule has 0 bridgehead atoms. The van der Waals surface area contributed by atoms with Crippen molar-refractivity contribution in [2.75, 3.05) is 0 Å². The van der Waals surface area contributed by atoms with Gasteiger partial charge >= 0.3 is 0 Å². The Morgan fingerprint density at radius 2 is 0.735 bits per heavy atom. The van der Waals surface area contributed by atoms with E-state index in [1.54, 1.807) is 11.1 Å². The van der Waals surface area contributed by atoms with Crippen molar-refractivity contribution in [2.24, 2.45) is 0 Å². The van der Waals surface area contributed by atoms with E-state index in [9.17, 15) is 0 Å². The van der Waals surface area contributed by atoms with Gasteiger partial charge in [-0.2, -0.15) is 0 Å². The zero-order chi connectivity index (χ0) is 24.5. The largest absolute Gasteiger partial charge is 0.205 e. The van der Waals surface area contributed by atoms with Crippen molar-refractivity contribution < 1.29 is 4.57 Å². The van der Waals surface area contributed by atoms with Crippen LogP contribution < -0.4 is 4.57 Å². The van der Waals surface area contributed by atoms with E-state index in [0.717, 1.165) is 0 Å². The van der Waals surface area contributed by atoms with Gasteiger partial charge in [0.25, 0.3) is 0 Å². The second-order valence-corrected chi connectivity index (χ2v) is 11.0. The van der Waals surface area contributed by atoms with Crippen LogP contribution in [0.1, 0.15) is 173 Å². The summed E-state index contributed by atoms with van der Waals surface area (Å²) in [6.45, 7) is 8.13. The first-order chi connectivity index (χ1) is 16.8. The summed E-state index contributed by atoms with van der Waals surface area (Å²) in [6, 6.07) is 2.53. The van der Waals surface area contributed by atoms with E-state index in [0.29, 0.717) is 0 Å². The fourth-order valence-corrected chi connectivity index (χ4v) is 5.18. The van der Waals surface area contributed by atoms with Gasteiger partial charge in [-0.05, 0) is 38.2 Å². The van der Waals surface area contributed by atoms with Crippen molar-refractivity contribution in [3.05, 3.63) is 29.6 Å². The van der Waals surface area contributed by atoms with E-state index in [1.165, 1.54) is 161 Å². The minimum absolute atomic E-state index is 1.21. The van der Waals surface area contributed by atoms with Gasteiger partial charge in [-0.15, -0.1) is 0 Å². The summed E-state index contributed by atoms with van der Waals surface area (Å²) in [4.78, 5) is 0. The van der Waals surface area contributed by atoms with Crippen LogP contribution in [0.25, 0.3) is 0 Å². The first-order valence-corrected chi connectivity index (χ1v) is 15.8. The summed E-state index contributed by atoms with van der Waals surface area (Å²) >= 11 is 0. The number of aryl methyl sites for hydroxylation is 3. The minimum atomic E-state index is 1.21. The molecule has 1 rings (SSSR count). The Balaban J connectivity index is 2.38. The van der Waals surface area contributed by atoms with Crippen LogP contribution in [-0.4, -0.2) is 0 Å². The fourth-order valence-electron chi connectivity index (χ4n) is 5.18. The quantitative estimate of drug-likeness (QED) is 0.0983. The van der Waals surface area contributed by atoms with Gasteiger partial charge in [0.15, 0.2) is 12.4 Å². The lowest BCUT2D eigenvalue weighted by molar-refractivity contribution is -0.698. The van der Waals surface area contributed by atoms with E-state index in [2.05, 4.69) is 43.8 Å². The molecule has 0 aliphatic rings. The maximum atomic E-state index is 2.55. The van der Waals surface area contributed by atoms with Crippen molar-refractivity contribution in [2.45, 2.75) is 181 Å². The van der Waals surface area contributed by atoms with E-state index in [1.807, 2.05) is 0 Å². The Kier molecular flexibility index (Phi) is 21.9. The molecule has 0 atom stereocenters. The third kappa shape index (κ3) is 18.5. The molecule has 0 N–H and O–H groups in total. The highest BCUT2D eigenvalue weighted by Crippen LogP contribution is 2.14. The molecule has 0 aliphatic carbocycles. The van der Waals surface area contributed by atoms with Crippen LogP contribution in [-0.2, 0) is 19.4 Å². The van der Waals surface area contributed by atoms with Crippen molar-refractivity contribution in [1.82, 2.24) is 0 Å². The predicted molar refractivity (Wildman–Crippen MR) is 153 cm³/mol. The molecule has 0 fully saturated rings. The Morgan fingerprint density at radius 1 is 0.412 bits per heavy atom. The molecule has 1 heterocycles. The van der Waals surface area contributed by atoms with Crippen LogP contribution in [0, 0.1) is 0 Å². The molecular weight excluding hydrogens is 410 g/mol. The molecule has 198 valence electrons. The molecule has 1 aromatic heterocycles. The van der Waals surface area contributed by atoms with Crippen LogP contribution in [0.15, 0.2) is 18.5 Å². The summed E-state index contributed by atoms with van der Waals surface area (Å²) < 4.78 is 2.55. The lowest BCUT2D eigenvalue weighted by Gasteiger charge is -2.07. The average molecular weight is 473 g/mol. The summed E-state index contributed by atoms with van der Waals surface area (Å²) in [5.74, 6) is 0. The van der Waals surface area contributed by atoms with E-state index in [-0.39, 0.29) is 0 Å². The summed E-state index contributed by atoms with van der Waals surface area (Å²) in [6.07, 6.45) is 38.4. The van der Waals surface area contributed by atoms with Gasteiger partial charge < -0.3 is 0 Å². The summed E-state index contributed by atoms with van der Waals surface area (Å²) in [5, 5.41) is 0. The fraction of sp³-hybridized carbons (Fsp3) is 0.848. The van der Waals surface area contributed by atoms with Crippen LogP contribution in [0.3, 0.4) is 0 Å². The second kappa shape index (κ2) is 23.9. The molecule has 0 amide bonds. The minimum Gasteiger partial charge on any atom is -0.205 e. The Hall–Kier alpha value is -0.850. The van der Waals surface area contributed by atoms with Crippen molar-refractivity contribution in [3.8, 4) is 0 Å². The van der Waals surface area contributed by atoms with Gasteiger partial charge in [0.05, 0.1) is 0 Å². The number of rotatable bonds is 25. The van der Waals surface area contributed by atoms with Crippen molar-refractivity contribution >= 4 is 0 Å². The predicted octanol–water partition coefficient (Wildman–Crippen LogP) is 10.7. The first-order valence-electron chi connectivity index (χ1n) is 15.8. The van der Waals surface area contributed by atoms with Gasteiger partial charge in [0.1, 0.15) is 6.54 Å². The zero-order valence-corrected chi connectivity index (χ0v) is 23.9. The molecule has 1 nitrogen and oxygen atoms in total. The summed E-state index contributed by atoms with van der Waals surface area (Å²) in [5.41, 5.74) is 3.18. The number of aromatic nitrogens is 1. The van der Waals surface area contributed by atoms with Crippen LogP contribution >= 0.6 is 0 Å². The number of hydrogen-bond acceptors (Lipinski definition) is 0. The molecule has 1 heteroatoms. The second-order valence-electron chi connectivity index (χ2n) is 11.0. The molecular formula is C33H62N+. The zero-order valence-electron chi connectivity index (χ0n) is 23.9. The average Bonchev–Trinajstić information content (AvgIpc) is 2.84. The molecule has 0 unspecified atom stereocenters. The highest BCUT2D eigenvalue weighted by Gasteiger charge is 2.08. The van der Waals surface area contributed by atoms with E-state index >= 15 is 0 Å². The standard InChI is InChI=1S/C33H62N/c1-4-7-10-13-16-17-18-19-22-25-28-34-30-32(26-23-20-14-11-8-5-2)29-33(31-34)27-24-21-15-12-9-6-3/h29-31H,4-28H2,1-3H3/q+1. The molecule has 0 aliphatic heterocycles. The smallest absolute Gasteiger partial charge is 0.171 e. The van der Waals surface area contributed by atoms with Gasteiger partial charge in [-0.3, -0.25) is 0 Å². The third-order valence-corrected chi connectivity index (χ3v) is 7.44. The molecule has 1 aromatic rings. The van der Waals surface area contributed by atoms with Gasteiger partial charge in [0.2, 0.25) is 0 Å².